The molecule has 10 nitrogen and oxygen atoms in total. The first-order valence-electron chi connectivity index (χ1n) is 8.92. The quantitative estimate of drug-likeness (QED) is 0.446. The minimum Gasteiger partial charge on any atom is -0.478 e. The third-order valence-corrected chi connectivity index (χ3v) is 5.49. The van der Waals surface area contributed by atoms with E-state index >= 15 is 0 Å². The van der Waals surface area contributed by atoms with E-state index in [1.165, 1.54) is 43.0 Å². The first kappa shape index (κ1) is 24.4. The van der Waals surface area contributed by atoms with E-state index in [1.807, 2.05) is 0 Å². The van der Waals surface area contributed by atoms with Crippen molar-refractivity contribution < 1.29 is 32.6 Å². The van der Waals surface area contributed by atoms with Crippen molar-refractivity contribution in [3.63, 3.8) is 0 Å². The Bertz CT molecular complexity index is 1210. The number of hydrogen-bond donors (Lipinski definition) is 3. The van der Waals surface area contributed by atoms with E-state index in [0.29, 0.717) is 18.7 Å². The third kappa shape index (κ3) is 6.30. The van der Waals surface area contributed by atoms with Gasteiger partial charge in [-0.05, 0) is 36.9 Å². The number of hydrogen-bond acceptors (Lipinski definition) is 7. The number of nitrogens with one attached hydrogen (secondary N) is 1. The topological polar surface area (TPSA) is 151 Å². The number of nitrogens with zero attached hydrogens (tertiary/aromatic N) is 3. The van der Waals surface area contributed by atoms with E-state index in [9.17, 15) is 22.4 Å². The Morgan fingerprint density at radius 2 is 1.78 bits per heavy atom. The lowest BCUT2D eigenvalue weighted by Gasteiger charge is -2.10. The van der Waals surface area contributed by atoms with Crippen molar-refractivity contribution >= 4 is 22.0 Å². The van der Waals surface area contributed by atoms with Crippen LogP contribution in [0, 0.1) is 5.82 Å². The van der Waals surface area contributed by atoms with Crippen molar-refractivity contribution in [3.05, 3.63) is 78.8 Å². The van der Waals surface area contributed by atoms with Gasteiger partial charge < -0.3 is 15.5 Å². The fraction of sp³-hybridized carbons (Fsp3) is 0.100. The second-order valence-electron chi connectivity index (χ2n) is 6.12. The number of rotatable bonds is 7. The van der Waals surface area contributed by atoms with Gasteiger partial charge in [0.1, 0.15) is 4.90 Å². The summed E-state index contributed by atoms with van der Waals surface area (Å²) in [4.78, 5) is 26.7. The van der Waals surface area contributed by atoms with Gasteiger partial charge in [0, 0.05) is 49.0 Å². The van der Waals surface area contributed by atoms with Crippen LogP contribution < -0.4 is 5.32 Å². The fourth-order valence-electron chi connectivity index (χ4n) is 2.53. The lowest BCUT2D eigenvalue weighted by molar-refractivity contribution is -0.134. The van der Waals surface area contributed by atoms with Crippen LogP contribution in [0.15, 0.2) is 72.3 Å². The van der Waals surface area contributed by atoms with Crippen LogP contribution in [0.2, 0.25) is 0 Å². The molecule has 0 amide bonds. The fourth-order valence-corrected chi connectivity index (χ4v) is 3.89. The maximum absolute atomic E-state index is 14.1. The lowest BCUT2D eigenvalue weighted by Crippen LogP contribution is -2.14. The van der Waals surface area contributed by atoms with Crippen molar-refractivity contribution in [3.8, 4) is 11.3 Å². The van der Waals surface area contributed by atoms with Gasteiger partial charge in [-0.3, -0.25) is 9.97 Å². The molecule has 3 aromatic rings. The predicted octanol–water partition coefficient (Wildman–Crippen LogP) is 1.75. The molecule has 3 heterocycles. The number of pyridine rings is 2. The van der Waals surface area contributed by atoms with E-state index in [4.69, 9.17) is 10.2 Å². The monoisotopic (exact) mass is 462 g/mol. The number of carboxylic acid groups (broad SMARTS) is 2. The number of aliphatic carboxylic acids is 2. The second kappa shape index (κ2) is 10.9. The average molecular weight is 462 g/mol. The molecule has 0 aromatic carbocycles. The molecule has 0 aliphatic rings. The molecule has 0 radical (unpaired) electrons. The Balaban J connectivity index is 0.000000390. The molecule has 0 atom stereocenters. The molecule has 168 valence electrons. The van der Waals surface area contributed by atoms with Crippen LogP contribution in [0.3, 0.4) is 0 Å². The highest BCUT2D eigenvalue weighted by Gasteiger charge is 2.23. The van der Waals surface area contributed by atoms with Crippen molar-refractivity contribution in [1.29, 1.82) is 0 Å². The highest BCUT2D eigenvalue weighted by Crippen LogP contribution is 2.28. The molecule has 3 N–H and O–H groups in total. The predicted molar refractivity (Wildman–Crippen MR) is 112 cm³/mol. The largest absolute Gasteiger partial charge is 0.478 e. The van der Waals surface area contributed by atoms with Crippen LogP contribution in [0.1, 0.15) is 5.56 Å². The zero-order valence-corrected chi connectivity index (χ0v) is 17.5. The normalized spacial score (nSPS) is 11.1. The number of carboxylic acids is 2. The van der Waals surface area contributed by atoms with Gasteiger partial charge >= 0.3 is 11.9 Å². The Morgan fingerprint density at radius 1 is 1.12 bits per heavy atom. The molecule has 0 unspecified atom stereocenters. The summed E-state index contributed by atoms with van der Waals surface area (Å²) in [6.45, 7) is 0.454. The molecular formula is C20H19FN4O6S. The molecule has 0 aliphatic heterocycles. The standard InChI is InChI=1S/C16H15FN4O2S.C4H4O4/c1-18-8-12-7-16(14-4-6-20-10-15(14)17)21(11-12)24(22,23)13-3-2-5-19-9-13;5-3(6)1-2-4(7)8/h2-7,9-11,18H,8H2,1H3;1-2H,(H,5,6)(H,7,8). The van der Waals surface area contributed by atoms with E-state index in [0.717, 1.165) is 15.7 Å². The van der Waals surface area contributed by atoms with Gasteiger partial charge in [0.05, 0.1) is 11.9 Å². The molecule has 0 saturated carbocycles. The van der Waals surface area contributed by atoms with Crippen LogP contribution in [-0.4, -0.2) is 51.6 Å². The second-order valence-corrected chi connectivity index (χ2v) is 7.93. The summed E-state index contributed by atoms with van der Waals surface area (Å²) < 4.78 is 41.1. The van der Waals surface area contributed by atoms with Gasteiger partial charge in [0.2, 0.25) is 0 Å². The number of halogens is 1. The summed E-state index contributed by atoms with van der Waals surface area (Å²) >= 11 is 0. The number of carbonyl (C=O) groups is 2. The smallest absolute Gasteiger partial charge is 0.328 e. The molecule has 0 fully saturated rings. The highest BCUT2D eigenvalue weighted by molar-refractivity contribution is 7.90. The van der Waals surface area contributed by atoms with E-state index in [1.54, 1.807) is 13.1 Å². The van der Waals surface area contributed by atoms with Crippen LogP contribution in [-0.2, 0) is 26.2 Å². The molecule has 0 spiro atoms. The first-order valence-corrected chi connectivity index (χ1v) is 10.4. The summed E-state index contributed by atoms with van der Waals surface area (Å²) in [5.41, 5.74) is 1.12. The maximum atomic E-state index is 14.1. The lowest BCUT2D eigenvalue weighted by atomic mass is 10.2. The Labute approximate surface area is 182 Å². The van der Waals surface area contributed by atoms with Crippen LogP contribution >= 0.6 is 0 Å². The molecule has 0 aliphatic carbocycles. The van der Waals surface area contributed by atoms with E-state index in [2.05, 4.69) is 15.3 Å². The highest BCUT2D eigenvalue weighted by atomic mass is 32.2. The van der Waals surface area contributed by atoms with Crippen LogP contribution in [0.4, 0.5) is 4.39 Å². The minimum absolute atomic E-state index is 0.0346. The molecular weight excluding hydrogens is 443 g/mol. The summed E-state index contributed by atoms with van der Waals surface area (Å²) in [5, 5.41) is 18.6. The third-order valence-electron chi connectivity index (χ3n) is 3.83. The van der Waals surface area contributed by atoms with Crippen molar-refractivity contribution in [2.24, 2.45) is 0 Å². The molecule has 12 heteroatoms. The van der Waals surface area contributed by atoms with Crippen LogP contribution in [0.5, 0.6) is 0 Å². The van der Waals surface area contributed by atoms with Crippen molar-refractivity contribution in [2.45, 2.75) is 11.4 Å². The van der Waals surface area contributed by atoms with Crippen molar-refractivity contribution in [2.75, 3.05) is 7.05 Å². The maximum Gasteiger partial charge on any atom is 0.328 e. The Hall–Kier alpha value is -3.90. The van der Waals surface area contributed by atoms with Gasteiger partial charge in [0.15, 0.2) is 5.82 Å². The zero-order valence-electron chi connectivity index (χ0n) is 16.7. The summed E-state index contributed by atoms with van der Waals surface area (Å²) in [6, 6.07) is 6.08. The zero-order chi connectivity index (χ0) is 23.7. The average Bonchev–Trinajstić information content (AvgIpc) is 3.18. The van der Waals surface area contributed by atoms with Gasteiger partial charge in [-0.2, -0.15) is 0 Å². The van der Waals surface area contributed by atoms with Gasteiger partial charge in [0.25, 0.3) is 10.0 Å². The molecule has 32 heavy (non-hydrogen) atoms. The molecule has 3 rings (SSSR count). The minimum atomic E-state index is -3.89. The van der Waals surface area contributed by atoms with E-state index < -0.39 is 27.8 Å². The summed E-state index contributed by atoms with van der Waals surface area (Å²) in [7, 11) is -2.14. The van der Waals surface area contributed by atoms with Gasteiger partial charge in [-0.15, -0.1) is 0 Å². The summed E-state index contributed by atoms with van der Waals surface area (Å²) in [5.74, 6) is -3.10. The molecule has 3 aromatic heterocycles. The first-order chi connectivity index (χ1) is 15.2. The molecule has 0 bridgehead atoms. The SMILES string of the molecule is CNCc1cc(-c2ccncc2F)n(S(=O)(=O)c2cccnc2)c1.O=C(O)C=CC(=O)O. The van der Waals surface area contributed by atoms with Crippen molar-refractivity contribution in [1.82, 2.24) is 19.3 Å². The van der Waals surface area contributed by atoms with Gasteiger partial charge in [-0.25, -0.2) is 26.4 Å². The van der Waals surface area contributed by atoms with E-state index in [-0.39, 0.29) is 16.2 Å². The van der Waals surface area contributed by atoms with Gasteiger partial charge in [-0.1, -0.05) is 0 Å². The Morgan fingerprint density at radius 3 is 2.31 bits per heavy atom. The Kier molecular flexibility index (Phi) is 8.32. The number of aromatic nitrogens is 3. The molecule has 0 saturated heterocycles. The van der Waals surface area contributed by atoms with Crippen LogP contribution in [0.25, 0.3) is 11.3 Å². The summed E-state index contributed by atoms with van der Waals surface area (Å²) in [6.07, 6.45) is 7.83.